The lowest BCUT2D eigenvalue weighted by molar-refractivity contribution is -0.152. The molecule has 1 N–H and O–H groups in total. The first-order valence-electron chi connectivity index (χ1n) is 10.3. The Balaban J connectivity index is 2.21. The van der Waals surface area contributed by atoms with E-state index in [4.69, 9.17) is 18.9 Å². The summed E-state index contributed by atoms with van der Waals surface area (Å²) in [5, 5.41) is 2.54. The molecule has 1 unspecified atom stereocenters. The van der Waals surface area contributed by atoms with Gasteiger partial charge in [0.2, 0.25) is 5.91 Å². The molecule has 1 heterocycles. The number of esters is 1. The van der Waals surface area contributed by atoms with Gasteiger partial charge < -0.3 is 29.2 Å². The number of hydrogen-bond donors (Lipinski definition) is 1. The van der Waals surface area contributed by atoms with E-state index in [1.54, 1.807) is 27.7 Å². The number of halogens is 1. The molecule has 2 rings (SSSR count). The number of methoxy groups -OCH3 is 2. The molecule has 10 heteroatoms. The summed E-state index contributed by atoms with van der Waals surface area (Å²) < 4.78 is 34.4. The van der Waals surface area contributed by atoms with Crippen LogP contribution in [0.2, 0.25) is 0 Å². The first kappa shape index (κ1) is 25.4. The molecule has 0 aromatic heterocycles. The van der Waals surface area contributed by atoms with Crippen molar-refractivity contribution < 1.29 is 37.7 Å². The molecule has 2 amide bonds. The maximum atomic E-state index is 13.4. The highest BCUT2D eigenvalue weighted by Crippen LogP contribution is 2.25. The number of likely N-dealkylation sites (tertiary alicyclic amines) is 1. The van der Waals surface area contributed by atoms with E-state index in [0.29, 0.717) is 5.75 Å². The molecule has 1 aromatic rings. The molecule has 1 fully saturated rings. The molecular formula is C22H31FN2O7. The Bertz CT molecular complexity index is 809. The summed E-state index contributed by atoms with van der Waals surface area (Å²) in [6.45, 7) is 6.80. The van der Waals surface area contributed by atoms with Gasteiger partial charge in [-0.3, -0.25) is 4.79 Å². The molecule has 4 atom stereocenters. The molecule has 0 saturated carbocycles. The van der Waals surface area contributed by atoms with Gasteiger partial charge in [-0.15, -0.1) is 0 Å². The predicted octanol–water partition coefficient (Wildman–Crippen LogP) is 2.28. The second kappa shape index (κ2) is 10.6. The van der Waals surface area contributed by atoms with Crippen LogP contribution in [-0.2, 0) is 23.8 Å². The lowest BCUT2D eigenvalue weighted by Crippen LogP contribution is -2.57. The van der Waals surface area contributed by atoms with Crippen molar-refractivity contribution in [1.82, 2.24) is 10.2 Å². The summed E-state index contributed by atoms with van der Waals surface area (Å²) in [7, 11) is 2.64. The number of nitrogens with one attached hydrogen (secondary N) is 1. The van der Waals surface area contributed by atoms with Gasteiger partial charge in [0.25, 0.3) is 0 Å². The molecule has 1 saturated heterocycles. The molecule has 0 radical (unpaired) electrons. The minimum absolute atomic E-state index is 0.0684. The van der Waals surface area contributed by atoms with Crippen molar-refractivity contribution >= 4 is 18.0 Å². The SMILES string of the molecule is COC(=O)C1C[C@H](Oc2ccc(F)cc2)CN1C(=O)[C@@H](NC(=O)OC(C)(C)C)[C@@H](C)OC. The zero-order chi connectivity index (χ0) is 24.1. The van der Waals surface area contributed by atoms with Gasteiger partial charge in [-0.1, -0.05) is 0 Å². The topological polar surface area (TPSA) is 103 Å². The maximum Gasteiger partial charge on any atom is 0.408 e. The monoisotopic (exact) mass is 454 g/mol. The molecule has 0 aliphatic carbocycles. The molecule has 0 spiro atoms. The number of carbonyl (C=O) groups is 3. The van der Waals surface area contributed by atoms with Gasteiger partial charge in [-0.2, -0.15) is 0 Å². The average Bonchev–Trinajstić information content (AvgIpc) is 3.14. The highest BCUT2D eigenvalue weighted by atomic mass is 19.1. The summed E-state index contributed by atoms with van der Waals surface area (Å²) in [6, 6.07) is 3.43. The Morgan fingerprint density at radius 2 is 1.78 bits per heavy atom. The van der Waals surface area contributed by atoms with Crippen LogP contribution in [0.4, 0.5) is 9.18 Å². The lowest BCUT2D eigenvalue weighted by atomic mass is 10.1. The zero-order valence-electron chi connectivity index (χ0n) is 19.2. The van der Waals surface area contributed by atoms with Gasteiger partial charge in [0.05, 0.1) is 19.8 Å². The summed E-state index contributed by atoms with van der Waals surface area (Å²) in [4.78, 5) is 39.4. The Morgan fingerprint density at radius 1 is 1.16 bits per heavy atom. The largest absolute Gasteiger partial charge is 0.488 e. The maximum absolute atomic E-state index is 13.4. The molecule has 0 bridgehead atoms. The van der Waals surface area contributed by atoms with Crippen LogP contribution in [0.3, 0.4) is 0 Å². The van der Waals surface area contributed by atoms with Crippen molar-refractivity contribution in [3.8, 4) is 5.75 Å². The zero-order valence-corrected chi connectivity index (χ0v) is 19.2. The van der Waals surface area contributed by atoms with E-state index in [-0.39, 0.29) is 13.0 Å². The third-order valence-electron chi connectivity index (χ3n) is 4.91. The fraction of sp³-hybridized carbons (Fsp3) is 0.591. The number of carbonyl (C=O) groups excluding carboxylic acids is 3. The quantitative estimate of drug-likeness (QED) is 0.631. The van der Waals surface area contributed by atoms with E-state index in [0.717, 1.165) is 0 Å². The second-order valence-corrected chi connectivity index (χ2v) is 8.52. The van der Waals surface area contributed by atoms with Gasteiger partial charge in [0.15, 0.2) is 0 Å². The predicted molar refractivity (Wildman–Crippen MR) is 113 cm³/mol. The molecular weight excluding hydrogens is 423 g/mol. The number of amides is 2. The highest BCUT2D eigenvalue weighted by molar-refractivity contribution is 5.90. The fourth-order valence-electron chi connectivity index (χ4n) is 3.32. The normalized spacial score (nSPS) is 20.3. The fourth-order valence-corrected chi connectivity index (χ4v) is 3.32. The van der Waals surface area contributed by atoms with Crippen molar-refractivity contribution in [2.45, 2.75) is 64.0 Å². The van der Waals surface area contributed by atoms with Crippen molar-refractivity contribution in [3.63, 3.8) is 0 Å². The summed E-state index contributed by atoms with van der Waals surface area (Å²) >= 11 is 0. The second-order valence-electron chi connectivity index (χ2n) is 8.52. The number of ether oxygens (including phenoxy) is 4. The van der Waals surface area contributed by atoms with Gasteiger partial charge in [0, 0.05) is 13.5 Å². The van der Waals surface area contributed by atoms with Crippen LogP contribution in [0.25, 0.3) is 0 Å². The summed E-state index contributed by atoms with van der Waals surface area (Å²) in [6.07, 6.45) is -1.84. The standard InChI is InChI=1S/C22H31FN2O7/c1-13(29-5)18(24-21(28)32-22(2,3)4)19(26)25-12-16(11-17(25)20(27)30-6)31-15-9-7-14(23)8-10-15/h7-10,13,16-18H,11-12H2,1-6H3,(H,24,28)/t13-,16+,17?,18+/m1/s1. The van der Waals surface area contributed by atoms with Gasteiger partial charge >= 0.3 is 12.1 Å². The van der Waals surface area contributed by atoms with Crippen LogP contribution in [0.1, 0.15) is 34.1 Å². The van der Waals surface area contributed by atoms with E-state index < -0.39 is 53.7 Å². The molecule has 1 aliphatic rings. The lowest BCUT2D eigenvalue weighted by Gasteiger charge is -2.31. The number of benzene rings is 1. The first-order chi connectivity index (χ1) is 14.9. The van der Waals surface area contributed by atoms with Crippen molar-refractivity contribution in [2.24, 2.45) is 0 Å². The molecule has 9 nitrogen and oxygen atoms in total. The van der Waals surface area contributed by atoms with Crippen LogP contribution in [0, 0.1) is 5.82 Å². The molecule has 178 valence electrons. The number of rotatable bonds is 7. The third kappa shape index (κ3) is 6.81. The molecule has 1 aliphatic heterocycles. The first-order valence-corrected chi connectivity index (χ1v) is 10.3. The van der Waals surface area contributed by atoms with Gasteiger partial charge in [-0.25, -0.2) is 14.0 Å². The highest BCUT2D eigenvalue weighted by Gasteiger charge is 2.45. The minimum Gasteiger partial charge on any atom is -0.488 e. The van der Waals surface area contributed by atoms with E-state index in [1.165, 1.54) is 43.4 Å². The van der Waals surface area contributed by atoms with Crippen LogP contribution >= 0.6 is 0 Å². The van der Waals surface area contributed by atoms with Gasteiger partial charge in [0.1, 0.15) is 35.4 Å². The molecule has 32 heavy (non-hydrogen) atoms. The smallest absolute Gasteiger partial charge is 0.408 e. The van der Waals surface area contributed by atoms with Crippen LogP contribution in [0.5, 0.6) is 5.75 Å². The Kier molecular flexibility index (Phi) is 8.43. The van der Waals surface area contributed by atoms with E-state index in [2.05, 4.69) is 5.32 Å². The molecule has 1 aromatic carbocycles. The Hall–Kier alpha value is -2.88. The summed E-state index contributed by atoms with van der Waals surface area (Å²) in [5.41, 5.74) is -0.760. The van der Waals surface area contributed by atoms with Crippen LogP contribution in [-0.4, -0.2) is 73.5 Å². The summed E-state index contributed by atoms with van der Waals surface area (Å²) in [5.74, 6) is -1.14. The Morgan fingerprint density at radius 3 is 2.31 bits per heavy atom. The third-order valence-corrected chi connectivity index (χ3v) is 4.91. The van der Waals surface area contributed by atoms with Gasteiger partial charge in [-0.05, 0) is 52.0 Å². The van der Waals surface area contributed by atoms with Crippen LogP contribution < -0.4 is 10.1 Å². The number of nitrogens with zero attached hydrogens (tertiary/aromatic N) is 1. The number of alkyl carbamates (subject to hydrolysis) is 1. The number of hydrogen-bond acceptors (Lipinski definition) is 7. The van der Waals surface area contributed by atoms with E-state index in [9.17, 15) is 18.8 Å². The van der Waals surface area contributed by atoms with Crippen LogP contribution in [0.15, 0.2) is 24.3 Å². The Labute approximate surface area is 187 Å². The van der Waals surface area contributed by atoms with E-state index in [1.807, 2.05) is 0 Å². The van der Waals surface area contributed by atoms with Crippen molar-refractivity contribution in [3.05, 3.63) is 30.1 Å². The van der Waals surface area contributed by atoms with Crippen molar-refractivity contribution in [2.75, 3.05) is 20.8 Å². The average molecular weight is 454 g/mol. The van der Waals surface area contributed by atoms with E-state index >= 15 is 0 Å². The minimum atomic E-state index is -1.11. The van der Waals surface area contributed by atoms with Crippen molar-refractivity contribution in [1.29, 1.82) is 0 Å².